The van der Waals surface area contributed by atoms with Crippen LogP contribution in [0.15, 0.2) is 45.6 Å². The van der Waals surface area contributed by atoms with Crippen LogP contribution in [-0.4, -0.2) is 14.9 Å². The molecule has 0 bridgehead atoms. The number of nitriles is 1. The minimum absolute atomic E-state index is 0.0732. The molecule has 0 amide bonds. The number of H-pyrrole nitrogens is 1. The largest absolute Gasteiger partial charge is 0.456 e. The van der Waals surface area contributed by atoms with E-state index in [1.807, 2.05) is 0 Å². The molecular formula is C23H16N4O4S. The van der Waals surface area contributed by atoms with Crippen molar-refractivity contribution >= 4 is 38.9 Å². The molecule has 8 nitrogen and oxygen atoms in total. The number of fused-ring (bicyclic) bond motifs is 3. The molecule has 0 radical (unpaired) electrons. The van der Waals surface area contributed by atoms with Crippen LogP contribution in [0.3, 0.4) is 0 Å². The second kappa shape index (κ2) is 7.90. The third-order valence-electron chi connectivity index (χ3n) is 5.48. The number of hydrogen-bond donors (Lipinski definition) is 1. The number of aryl methyl sites for hydroxylation is 2. The smallest absolute Gasteiger partial charge is 0.280 e. The number of para-hydroxylation sites is 1. The zero-order valence-electron chi connectivity index (χ0n) is 16.8. The van der Waals surface area contributed by atoms with Gasteiger partial charge in [0.05, 0.1) is 21.4 Å². The van der Waals surface area contributed by atoms with Crippen LogP contribution in [0.5, 0.6) is 0 Å². The third-order valence-corrected chi connectivity index (χ3v) is 6.67. The molecule has 1 N–H and O–H groups in total. The van der Waals surface area contributed by atoms with Crippen molar-refractivity contribution in [3.63, 3.8) is 0 Å². The SMILES string of the molecule is N#C/C(=C\c1ccc(-c2ccccc2[N+](=O)[O-])o1)c1nc2sc3c(c2c(=O)[nH]1)CCCC3. The molecule has 4 aromatic rings. The van der Waals surface area contributed by atoms with E-state index < -0.39 is 4.92 Å². The van der Waals surface area contributed by atoms with E-state index in [-0.39, 0.29) is 22.6 Å². The van der Waals surface area contributed by atoms with E-state index in [9.17, 15) is 20.2 Å². The van der Waals surface area contributed by atoms with Crippen molar-refractivity contribution < 1.29 is 9.34 Å². The fraction of sp³-hybridized carbons (Fsp3) is 0.174. The number of benzene rings is 1. The normalized spacial score (nSPS) is 13.7. The number of nitrogens with zero attached hydrogens (tertiary/aromatic N) is 3. The summed E-state index contributed by atoms with van der Waals surface area (Å²) in [7, 11) is 0. The van der Waals surface area contributed by atoms with Crippen LogP contribution in [0.4, 0.5) is 5.69 Å². The van der Waals surface area contributed by atoms with E-state index in [0.29, 0.717) is 27.3 Å². The standard InChI is InChI=1S/C23H16N4O4S/c24-12-13(11-14-9-10-18(31-14)15-5-1-3-7-17(15)27(29)30)21-25-22(28)20-16-6-2-4-8-19(16)32-23(20)26-21/h1,3,5,7,9-11H,2,4,6,8H2,(H,25,26,28)/b13-11+. The molecular weight excluding hydrogens is 428 g/mol. The van der Waals surface area contributed by atoms with E-state index in [1.165, 1.54) is 28.4 Å². The quantitative estimate of drug-likeness (QED) is 0.265. The molecule has 0 saturated carbocycles. The fourth-order valence-corrected chi connectivity index (χ4v) is 5.27. The maximum atomic E-state index is 12.8. The van der Waals surface area contributed by atoms with Crippen LogP contribution < -0.4 is 5.56 Å². The van der Waals surface area contributed by atoms with Gasteiger partial charge in [0.25, 0.3) is 11.2 Å². The van der Waals surface area contributed by atoms with E-state index in [0.717, 1.165) is 31.2 Å². The zero-order chi connectivity index (χ0) is 22.2. The van der Waals surface area contributed by atoms with Gasteiger partial charge in [-0.3, -0.25) is 14.9 Å². The maximum Gasteiger partial charge on any atom is 0.280 e. The summed E-state index contributed by atoms with van der Waals surface area (Å²) in [5.41, 5.74) is 1.24. The molecule has 9 heteroatoms. The van der Waals surface area contributed by atoms with Crippen LogP contribution in [0.2, 0.25) is 0 Å². The van der Waals surface area contributed by atoms with Crippen molar-refractivity contribution in [2.24, 2.45) is 0 Å². The van der Waals surface area contributed by atoms with Gasteiger partial charge in [-0.2, -0.15) is 5.26 Å². The molecule has 5 rings (SSSR count). The van der Waals surface area contributed by atoms with E-state index in [4.69, 9.17) is 4.42 Å². The first kappa shape index (κ1) is 19.9. The van der Waals surface area contributed by atoms with Gasteiger partial charge in [-0.1, -0.05) is 12.1 Å². The van der Waals surface area contributed by atoms with Gasteiger partial charge in [-0.15, -0.1) is 11.3 Å². The second-order valence-corrected chi connectivity index (χ2v) is 8.54. The summed E-state index contributed by atoms with van der Waals surface area (Å²) in [6.45, 7) is 0. The molecule has 3 heterocycles. The Morgan fingerprint density at radius 3 is 2.88 bits per heavy atom. The first-order valence-electron chi connectivity index (χ1n) is 10.1. The molecule has 1 aliphatic rings. The average Bonchev–Trinajstić information content (AvgIpc) is 3.41. The number of aromatic amines is 1. The Balaban J connectivity index is 1.55. The summed E-state index contributed by atoms with van der Waals surface area (Å²) in [5, 5.41) is 21.6. The van der Waals surface area contributed by atoms with E-state index in [2.05, 4.69) is 16.0 Å². The second-order valence-electron chi connectivity index (χ2n) is 7.45. The van der Waals surface area contributed by atoms with Gasteiger partial charge in [0, 0.05) is 17.0 Å². The Morgan fingerprint density at radius 2 is 2.06 bits per heavy atom. The van der Waals surface area contributed by atoms with Crippen LogP contribution in [0.1, 0.15) is 34.9 Å². The minimum Gasteiger partial charge on any atom is -0.456 e. The Morgan fingerprint density at radius 1 is 1.25 bits per heavy atom. The van der Waals surface area contributed by atoms with E-state index in [1.54, 1.807) is 30.3 Å². The third kappa shape index (κ3) is 3.40. The predicted molar refractivity (Wildman–Crippen MR) is 121 cm³/mol. The number of nitro benzene ring substituents is 1. The van der Waals surface area contributed by atoms with Crippen molar-refractivity contribution in [3.8, 4) is 17.4 Å². The summed E-state index contributed by atoms with van der Waals surface area (Å²) >= 11 is 1.51. The zero-order valence-corrected chi connectivity index (χ0v) is 17.6. The Bertz CT molecular complexity index is 1500. The summed E-state index contributed by atoms with van der Waals surface area (Å²) in [6, 6.07) is 11.6. The molecule has 0 spiro atoms. The molecule has 158 valence electrons. The van der Waals surface area contributed by atoms with Crippen molar-refractivity contribution in [3.05, 3.63) is 78.9 Å². The summed E-state index contributed by atoms with van der Waals surface area (Å²) in [4.78, 5) is 32.7. The minimum atomic E-state index is -0.474. The molecule has 1 aromatic carbocycles. The lowest BCUT2D eigenvalue weighted by atomic mass is 9.97. The summed E-state index contributed by atoms with van der Waals surface area (Å²) in [6.07, 6.45) is 5.46. The average molecular weight is 444 g/mol. The monoisotopic (exact) mass is 444 g/mol. The lowest BCUT2D eigenvalue weighted by molar-refractivity contribution is -0.384. The number of rotatable bonds is 4. The first-order valence-corrected chi connectivity index (χ1v) is 10.9. The number of aromatic nitrogens is 2. The Hall–Kier alpha value is -4.03. The Labute approximate surface area is 185 Å². The highest BCUT2D eigenvalue weighted by atomic mass is 32.1. The maximum absolute atomic E-state index is 12.8. The predicted octanol–water partition coefficient (Wildman–Crippen LogP) is 5.10. The molecule has 0 fully saturated rings. The molecule has 0 aliphatic heterocycles. The van der Waals surface area contributed by atoms with Gasteiger partial charge in [0.2, 0.25) is 0 Å². The number of nitro groups is 1. The van der Waals surface area contributed by atoms with Crippen LogP contribution in [-0.2, 0) is 12.8 Å². The molecule has 0 atom stereocenters. The van der Waals surface area contributed by atoms with Crippen LogP contribution >= 0.6 is 11.3 Å². The number of furan rings is 1. The highest BCUT2D eigenvalue weighted by Crippen LogP contribution is 2.34. The lowest BCUT2D eigenvalue weighted by Crippen LogP contribution is -2.12. The van der Waals surface area contributed by atoms with Gasteiger partial charge < -0.3 is 9.40 Å². The fourth-order valence-electron chi connectivity index (χ4n) is 4.00. The van der Waals surface area contributed by atoms with Gasteiger partial charge in [-0.25, -0.2) is 4.98 Å². The van der Waals surface area contributed by atoms with Gasteiger partial charge in [0.1, 0.15) is 22.4 Å². The van der Waals surface area contributed by atoms with E-state index >= 15 is 0 Å². The number of hydrogen-bond acceptors (Lipinski definition) is 7. The first-order chi connectivity index (χ1) is 15.5. The van der Waals surface area contributed by atoms with Crippen LogP contribution in [0.25, 0.3) is 33.2 Å². The number of nitrogens with one attached hydrogen (secondary N) is 1. The van der Waals surface area contributed by atoms with Crippen molar-refractivity contribution in [2.45, 2.75) is 25.7 Å². The van der Waals surface area contributed by atoms with Crippen LogP contribution in [0, 0.1) is 21.4 Å². The molecule has 32 heavy (non-hydrogen) atoms. The number of allylic oxidation sites excluding steroid dienone is 1. The van der Waals surface area contributed by atoms with Crippen molar-refractivity contribution in [2.75, 3.05) is 0 Å². The highest BCUT2D eigenvalue weighted by molar-refractivity contribution is 7.18. The Kier molecular flexibility index (Phi) is 4.92. The summed E-state index contributed by atoms with van der Waals surface area (Å²) in [5.74, 6) is 0.804. The van der Waals surface area contributed by atoms with Gasteiger partial charge in [0.15, 0.2) is 5.82 Å². The topological polar surface area (TPSA) is 126 Å². The molecule has 0 saturated heterocycles. The molecule has 1 aliphatic carbocycles. The molecule has 3 aromatic heterocycles. The van der Waals surface area contributed by atoms with Crippen molar-refractivity contribution in [1.82, 2.24) is 9.97 Å². The van der Waals surface area contributed by atoms with Gasteiger partial charge >= 0.3 is 0 Å². The summed E-state index contributed by atoms with van der Waals surface area (Å²) < 4.78 is 5.75. The van der Waals surface area contributed by atoms with Gasteiger partial charge in [-0.05, 0) is 49.4 Å². The lowest BCUT2D eigenvalue weighted by Gasteiger charge is -2.09. The van der Waals surface area contributed by atoms with Crippen molar-refractivity contribution in [1.29, 1.82) is 5.26 Å². The molecule has 0 unspecified atom stereocenters. The number of thiophene rings is 1. The highest BCUT2D eigenvalue weighted by Gasteiger charge is 2.21.